The van der Waals surface area contributed by atoms with Gasteiger partial charge in [0.05, 0.1) is 6.54 Å². The second-order valence-corrected chi connectivity index (χ2v) is 5.39. The van der Waals surface area contributed by atoms with Crippen LogP contribution >= 0.6 is 11.6 Å². The molecular weight excluding hydrogens is 248 g/mol. The van der Waals surface area contributed by atoms with E-state index in [1.165, 1.54) is 5.56 Å². The van der Waals surface area contributed by atoms with E-state index >= 15 is 0 Å². The van der Waals surface area contributed by atoms with Crippen molar-refractivity contribution in [1.29, 1.82) is 0 Å². The van der Waals surface area contributed by atoms with Gasteiger partial charge in [-0.15, -0.1) is 0 Å². The van der Waals surface area contributed by atoms with Crippen LogP contribution in [0.2, 0.25) is 5.02 Å². The third kappa shape index (κ3) is 4.67. The third-order valence-electron chi connectivity index (χ3n) is 3.01. The van der Waals surface area contributed by atoms with Crippen LogP contribution in [0.4, 0.5) is 0 Å². The highest BCUT2D eigenvalue weighted by Gasteiger charge is 2.22. The smallest absolute Gasteiger partial charge is 0.234 e. The SMILES string of the molecule is CC(Cc1ccc(Cl)cc1)NCC(=O)NC1CC1. The summed E-state index contributed by atoms with van der Waals surface area (Å²) in [6, 6.07) is 8.53. The quantitative estimate of drug-likeness (QED) is 0.828. The minimum absolute atomic E-state index is 0.0976. The van der Waals surface area contributed by atoms with Crippen LogP contribution in [0.1, 0.15) is 25.3 Å². The van der Waals surface area contributed by atoms with Gasteiger partial charge in [-0.1, -0.05) is 23.7 Å². The number of hydrogen-bond donors (Lipinski definition) is 2. The Bertz CT molecular complexity index is 401. The predicted molar refractivity (Wildman–Crippen MR) is 73.8 cm³/mol. The molecule has 1 unspecified atom stereocenters. The zero-order valence-electron chi connectivity index (χ0n) is 10.6. The van der Waals surface area contributed by atoms with Crippen LogP contribution in [0.3, 0.4) is 0 Å². The molecule has 4 heteroatoms. The molecule has 1 aliphatic carbocycles. The molecule has 0 heterocycles. The Morgan fingerprint density at radius 3 is 2.67 bits per heavy atom. The van der Waals surface area contributed by atoms with Crippen molar-refractivity contribution >= 4 is 17.5 Å². The van der Waals surface area contributed by atoms with Gasteiger partial charge in [0, 0.05) is 17.1 Å². The molecule has 98 valence electrons. The Morgan fingerprint density at radius 2 is 2.06 bits per heavy atom. The zero-order chi connectivity index (χ0) is 13.0. The number of halogens is 1. The first-order valence-corrected chi connectivity index (χ1v) is 6.78. The molecule has 2 N–H and O–H groups in total. The fraction of sp³-hybridized carbons (Fsp3) is 0.500. The van der Waals surface area contributed by atoms with E-state index in [0.717, 1.165) is 24.3 Å². The highest BCUT2D eigenvalue weighted by Crippen LogP contribution is 2.18. The number of rotatable bonds is 6. The average molecular weight is 267 g/mol. The van der Waals surface area contributed by atoms with E-state index in [1.807, 2.05) is 24.3 Å². The Hall–Kier alpha value is -1.06. The van der Waals surface area contributed by atoms with E-state index in [4.69, 9.17) is 11.6 Å². The number of nitrogens with one attached hydrogen (secondary N) is 2. The molecular formula is C14H19ClN2O. The highest BCUT2D eigenvalue weighted by molar-refractivity contribution is 6.30. The summed E-state index contributed by atoms with van der Waals surface area (Å²) < 4.78 is 0. The summed E-state index contributed by atoms with van der Waals surface area (Å²) in [5.74, 6) is 0.0976. The molecule has 0 radical (unpaired) electrons. The van der Waals surface area contributed by atoms with Crippen LogP contribution in [0.15, 0.2) is 24.3 Å². The molecule has 0 bridgehead atoms. The van der Waals surface area contributed by atoms with E-state index in [-0.39, 0.29) is 11.9 Å². The summed E-state index contributed by atoms with van der Waals surface area (Å²) in [6.45, 7) is 2.48. The first-order valence-electron chi connectivity index (χ1n) is 6.40. The van der Waals surface area contributed by atoms with Gasteiger partial charge < -0.3 is 10.6 Å². The molecule has 18 heavy (non-hydrogen) atoms. The monoisotopic (exact) mass is 266 g/mol. The maximum absolute atomic E-state index is 11.5. The van der Waals surface area contributed by atoms with Crippen molar-refractivity contribution < 1.29 is 4.79 Å². The van der Waals surface area contributed by atoms with Crippen molar-refractivity contribution in [3.05, 3.63) is 34.9 Å². The topological polar surface area (TPSA) is 41.1 Å². The minimum Gasteiger partial charge on any atom is -0.352 e. The first-order chi connectivity index (χ1) is 8.63. The summed E-state index contributed by atoms with van der Waals surface area (Å²) in [6.07, 6.45) is 3.16. The molecule has 1 fully saturated rings. The minimum atomic E-state index is 0.0976. The Kier molecular flexibility index (Phi) is 4.61. The van der Waals surface area contributed by atoms with Crippen LogP contribution in [-0.4, -0.2) is 24.5 Å². The molecule has 0 spiro atoms. The van der Waals surface area contributed by atoms with Crippen LogP contribution in [0, 0.1) is 0 Å². The normalized spacial score (nSPS) is 16.3. The first kappa shape index (κ1) is 13.4. The van der Waals surface area contributed by atoms with Crippen molar-refractivity contribution in [2.45, 2.75) is 38.3 Å². The van der Waals surface area contributed by atoms with Crippen LogP contribution < -0.4 is 10.6 Å². The van der Waals surface area contributed by atoms with Gasteiger partial charge in [-0.2, -0.15) is 0 Å². The van der Waals surface area contributed by atoms with Gasteiger partial charge in [-0.3, -0.25) is 4.79 Å². The number of hydrogen-bond acceptors (Lipinski definition) is 2. The van der Waals surface area contributed by atoms with Gasteiger partial charge >= 0.3 is 0 Å². The number of benzene rings is 1. The fourth-order valence-electron chi connectivity index (χ4n) is 1.82. The molecule has 0 aromatic heterocycles. The van der Waals surface area contributed by atoms with Crippen molar-refractivity contribution in [1.82, 2.24) is 10.6 Å². The molecule has 0 aliphatic heterocycles. The van der Waals surface area contributed by atoms with Gasteiger partial charge in [-0.25, -0.2) is 0 Å². The van der Waals surface area contributed by atoms with E-state index in [9.17, 15) is 4.79 Å². The lowest BCUT2D eigenvalue weighted by atomic mass is 10.1. The molecule has 1 saturated carbocycles. The Labute approximate surface area is 113 Å². The van der Waals surface area contributed by atoms with E-state index < -0.39 is 0 Å². The Balaban J connectivity index is 1.69. The molecule has 1 aromatic rings. The third-order valence-corrected chi connectivity index (χ3v) is 3.26. The molecule has 3 nitrogen and oxygen atoms in total. The largest absolute Gasteiger partial charge is 0.352 e. The van der Waals surface area contributed by atoms with Crippen molar-refractivity contribution in [3.8, 4) is 0 Å². The van der Waals surface area contributed by atoms with E-state index in [2.05, 4.69) is 17.6 Å². The maximum Gasteiger partial charge on any atom is 0.234 e. The standard InChI is InChI=1S/C14H19ClN2O/c1-10(8-11-2-4-12(15)5-3-11)16-9-14(18)17-13-6-7-13/h2-5,10,13,16H,6-9H2,1H3,(H,17,18). The fourth-order valence-corrected chi connectivity index (χ4v) is 1.95. The second kappa shape index (κ2) is 6.21. The van der Waals surface area contributed by atoms with Crippen LogP contribution in [0.25, 0.3) is 0 Å². The summed E-state index contributed by atoms with van der Waals surface area (Å²) in [7, 11) is 0. The second-order valence-electron chi connectivity index (χ2n) is 4.95. The average Bonchev–Trinajstić information content (AvgIpc) is 3.13. The summed E-state index contributed by atoms with van der Waals surface area (Å²) in [5, 5.41) is 6.95. The molecule has 0 saturated heterocycles. The van der Waals surface area contributed by atoms with Gasteiger partial charge in [0.1, 0.15) is 0 Å². The summed E-state index contributed by atoms with van der Waals surface area (Å²) in [4.78, 5) is 11.5. The van der Waals surface area contributed by atoms with Gasteiger partial charge in [0.15, 0.2) is 0 Å². The van der Waals surface area contributed by atoms with E-state index in [1.54, 1.807) is 0 Å². The van der Waals surface area contributed by atoms with Crippen molar-refractivity contribution in [3.63, 3.8) is 0 Å². The number of carbonyl (C=O) groups is 1. The van der Waals surface area contributed by atoms with Gasteiger partial charge in [0.25, 0.3) is 0 Å². The molecule has 1 amide bonds. The summed E-state index contributed by atoms with van der Waals surface area (Å²) in [5.41, 5.74) is 1.22. The van der Waals surface area contributed by atoms with Crippen LogP contribution in [-0.2, 0) is 11.2 Å². The van der Waals surface area contributed by atoms with Crippen molar-refractivity contribution in [2.75, 3.05) is 6.54 Å². The Morgan fingerprint density at radius 1 is 1.39 bits per heavy atom. The number of amides is 1. The summed E-state index contributed by atoms with van der Waals surface area (Å²) >= 11 is 5.84. The predicted octanol–water partition coefficient (Wildman–Crippen LogP) is 2.14. The maximum atomic E-state index is 11.5. The van der Waals surface area contributed by atoms with Gasteiger partial charge in [-0.05, 0) is 43.9 Å². The molecule has 1 aromatic carbocycles. The van der Waals surface area contributed by atoms with Crippen molar-refractivity contribution in [2.24, 2.45) is 0 Å². The van der Waals surface area contributed by atoms with E-state index in [0.29, 0.717) is 12.6 Å². The molecule has 1 atom stereocenters. The number of carbonyl (C=O) groups excluding carboxylic acids is 1. The molecule has 2 rings (SSSR count). The highest BCUT2D eigenvalue weighted by atomic mass is 35.5. The zero-order valence-corrected chi connectivity index (χ0v) is 11.3. The lowest BCUT2D eigenvalue weighted by Crippen LogP contribution is -2.39. The van der Waals surface area contributed by atoms with Crippen LogP contribution in [0.5, 0.6) is 0 Å². The lowest BCUT2D eigenvalue weighted by Gasteiger charge is -2.13. The van der Waals surface area contributed by atoms with Gasteiger partial charge in [0.2, 0.25) is 5.91 Å². The lowest BCUT2D eigenvalue weighted by molar-refractivity contribution is -0.120. The molecule has 1 aliphatic rings.